The maximum Gasteiger partial charge on any atom is 0.241 e. The molecule has 118 valence electrons. The highest BCUT2D eigenvalue weighted by Crippen LogP contribution is 2.22. The van der Waals surface area contributed by atoms with Crippen molar-refractivity contribution in [2.75, 3.05) is 20.1 Å². The van der Waals surface area contributed by atoms with E-state index >= 15 is 0 Å². The molecule has 1 aromatic rings. The van der Waals surface area contributed by atoms with E-state index in [2.05, 4.69) is 9.62 Å². The van der Waals surface area contributed by atoms with E-state index in [9.17, 15) is 12.8 Å². The first kappa shape index (κ1) is 16.4. The van der Waals surface area contributed by atoms with Crippen LogP contribution in [-0.4, -0.2) is 44.6 Å². The van der Waals surface area contributed by atoms with Crippen molar-refractivity contribution in [1.29, 1.82) is 0 Å². The molecular weight excluding hydrogens is 295 g/mol. The van der Waals surface area contributed by atoms with Gasteiger partial charge in [0.15, 0.2) is 0 Å². The van der Waals surface area contributed by atoms with Crippen LogP contribution in [0.4, 0.5) is 4.39 Å². The van der Waals surface area contributed by atoms with Gasteiger partial charge in [-0.15, -0.1) is 0 Å². The van der Waals surface area contributed by atoms with Gasteiger partial charge < -0.3 is 10.0 Å². The summed E-state index contributed by atoms with van der Waals surface area (Å²) >= 11 is 0. The molecule has 2 rings (SSSR count). The third-order valence-electron chi connectivity index (χ3n) is 3.87. The van der Waals surface area contributed by atoms with Gasteiger partial charge in [0.05, 0.1) is 11.5 Å². The van der Waals surface area contributed by atoms with Crippen LogP contribution in [0, 0.1) is 12.7 Å². The molecule has 5 nitrogen and oxygen atoms in total. The first-order valence-corrected chi connectivity index (χ1v) is 8.42. The van der Waals surface area contributed by atoms with Gasteiger partial charge >= 0.3 is 0 Å². The third-order valence-corrected chi connectivity index (χ3v) is 5.52. The SMILES string of the molecule is Cc1c(F)cc(CO)cc1S(=O)(=O)NC1CCN(C)CC1. The van der Waals surface area contributed by atoms with Gasteiger partial charge in [0.2, 0.25) is 10.0 Å². The van der Waals surface area contributed by atoms with E-state index in [0.29, 0.717) is 0 Å². The van der Waals surface area contributed by atoms with Crippen LogP contribution in [-0.2, 0) is 16.6 Å². The molecule has 0 spiro atoms. The average molecular weight is 316 g/mol. The molecule has 0 amide bonds. The van der Waals surface area contributed by atoms with E-state index < -0.39 is 22.4 Å². The summed E-state index contributed by atoms with van der Waals surface area (Å²) in [6.07, 6.45) is 1.47. The largest absolute Gasteiger partial charge is 0.392 e. The molecular formula is C14H21FN2O3S. The van der Waals surface area contributed by atoms with Crippen LogP contribution in [0.25, 0.3) is 0 Å². The molecule has 1 saturated heterocycles. The van der Waals surface area contributed by atoms with E-state index in [1.165, 1.54) is 13.0 Å². The zero-order valence-electron chi connectivity index (χ0n) is 12.3. The molecule has 1 fully saturated rings. The second-order valence-corrected chi connectivity index (χ2v) is 7.24. The summed E-state index contributed by atoms with van der Waals surface area (Å²) in [5.41, 5.74) is 0.328. The normalized spacial score (nSPS) is 18.1. The van der Waals surface area contributed by atoms with Crippen molar-refractivity contribution in [1.82, 2.24) is 9.62 Å². The van der Waals surface area contributed by atoms with Gasteiger partial charge in [-0.3, -0.25) is 0 Å². The summed E-state index contributed by atoms with van der Waals surface area (Å²) in [6, 6.07) is 2.35. The number of hydrogen-bond acceptors (Lipinski definition) is 4. The topological polar surface area (TPSA) is 69.6 Å². The van der Waals surface area contributed by atoms with Crippen molar-refractivity contribution in [3.05, 3.63) is 29.1 Å². The standard InChI is InChI=1S/C14H21FN2O3S/c1-10-13(15)7-11(9-18)8-14(10)21(19,20)16-12-3-5-17(2)6-4-12/h7-8,12,16,18H,3-6,9H2,1-2H3. The summed E-state index contributed by atoms with van der Waals surface area (Å²) in [7, 11) is -1.79. The van der Waals surface area contributed by atoms with Crippen molar-refractivity contribution >= 4 is 10.0 Å². The Bertz CT molecular complexity index is 611. The number of hydrogen-bond donors (Lipinski definition) is 2. The summed E-state index contributed by atoms with van der Waals surface area (Å²) in [5, 5.41) is 9.11. The fraction of sp³-hybridized carbons (Fsp3) is 0.571. The molecule has 1 aromatic carbocycles. The third kappa shape index (κ3) is 3.79. The van der Waals surface area contributed by atoms with E-state index in [4.69, 9.17) is 5.11 Å². The fourth-order valence-corrected chi connectivity index (χ4v) is 4.10. The van der Waals surface area contributed by atoms with Gasteiger partial charge in [-0.05, 0) is 57.6 Å². The lowest BCUT2D eigenvalue weighted by atomic mass is 10.1. The van der Waals surface area contributed by atoms with Crippen molar-refractivity contribution in [3.8, 4) is 0 Å². The second kappa shape index (κ2) is 6.39. The second-order valence-electron chi connectivity index (χ2n) is 5.56. The van der Waals surface area contributed by atoms with Crippen LogP contribution >= 0.6 is 0 Å². The first-order valence-electron chi connectivity index (χ1n) is 6.94. The number of halogens is 1. The average Bonchev–Trinajstić information content (AvgIpc) is 2.43. The number of benzene rings is 1. The lowest BCUT2D eigenvalue weighted by Gasteiger charge is -2.29. The minimum Gasteiger partial charge on any atom is -0.392 e. The number of nitrogens with one attached hydrogen (secondary N) is 1. The van der Waals surface area contributed by atoms with Crippen molar-refractivity contribution < 1.29 is 17.9 Å². The quantitative estimate of drug-likeness (QED) is 0.869. The minimum absolute atomic E-state index is 0.0765. The predicted octanol–water partition coefficient (Wildman–Crippen LogP) is 0.999. The fourth-order valence-electron chi connectivity index (χ4n) is 2.49. The predicted molar refractivity (Wildman–Crippen MR) is 77.9 cm³/mol. The zero-order chi connectivity index (χ0) is 15.6. The number of aliphatic hydroxyl groups excluding tert-OH is 1. The van der Waals surface area contributed by atoms with Crippen LogP contribution < -0.4 is 4.72 Å². The van der Waals surface area contributed by atoms with Gasteiger partial charge in [0.1, 0.15) is 5.82 Å². The van der Waals surface area contributed by atoms with Gasteiger partial charge in [-0.25, -0.2) is 17.5 Å². The van der Waals surface area contributed by atoms with Gasteiger partial charge in [0, 0.05) is 11.6 Å². The zero-order valence-corrected chi connectivity index (χ0v) is 13.1. The molecule has 1 heterocycles. The van der Waals surface area contributed by atoms with E-state index in [1.54, 1.807) is 0 Å². The Labute approximate surface area is 124 Å². The van der Waals surface area contributed by atoms with Crippen LogP contribution in [0.3, 0.4) is 0 Å². The summed E-state index contributed by atoms with van der Waals surface area (Å²) < 4.78 is 41.3. The minimum atomic E-state index is -3.78. The number of piperidine rings is 1. The van der Waals surface area contributed by atoms with Crippen molar-refractivity contribution in [2.24, 2.45) is 0 Å². The molecule has 0 unspecified atom stereocenters. The smallest absolute Gasteiger partial charge is 0.241 e. The van der Waals surface area contributed by atoms with E-state index in [1.807, 2.05) is 7.05 Å². The molecule has 2 N–H and O–H groups in total. The van der Waals surface area contributed by atoms with Crippen LogP contribution in [0.5, 0.6) is 0 Å². The lowest BCUT2D eigenvalue weighted by Crippen LogP contribution is -2.43. The highest BCUT2D eigenvalue weighted by Gasteiger charge is 2.25. The number of nitrogens with zero attached hydrogens (tertiary/aromatic N) is 1. The molecule has 7 heteroatoms. The molecule has 0 aliphatic carbocycles. The molecule has 0 atom stereocenters. The van der Waals surface area contributed by atoms with Crippen molar-refractivity contribution in [3.63, 3.8) is 0 Å². The maximum absolute atomic E-state index is 13.8. The molecule has 0 radical (unpaired) electrons. The molecule has 1 aliphatic heterocycles. The van der Waals surface area contributed by atoms with E-state index in [-0.39, 0.29) is 22.1 Å². The van der Waals surface area contributed by atoms with Gasteiger partial charge in [0.25, 0.3) is 0 Å². The van der Waals surface area contributed by atoms with Crippen molar-refractivity contribution in [2.45, 2.75) is 37.3 Å². The molecule has 1 aliphatic rings. The molecule has 0 aromatic heterocycles. The Morgan fingerprint density at radius 1 is 1.38 bits per heavy atom. The van der Waals surface area contributed by atoms with Crippen LogP contribution in [0.1, 0.15) is 24.0 Å². The number of rotatable bonds is 4. The highest BCUT2D eigenvalue weighted by atomic mass is 32.2. The summed E-state index contributed by atoms with van der Waals surface area (Å²) in [4.78, 5) is 2.05. The van der Waals surface area contributed by atoms with Gasteiger partial charge in [-0.1, -0.05) is 0 Å². The maximum atomic E-state index is 13.8. The summed E-state index contributed by atoms with van der Waals surface area (Å²) in [5.74, 6) is -0.620. The Kier molecular flexibility index (Phi) is 4.98. The molecule has 0 bridgehead atoms. The van der Waals surface area contributed by atoms with Crippen LogP contribution in [0.15, 0.2) is 17.0 Å². The Balaban J connectivity index is 2.25. The Morgan fingerprint density at radius 3 is 2.57 bits per heavy atom. The Hall–Kier alpha value is -1.02. The Morgan fingerprint density at radius 2 is 2.00 bits per heavy atom. The lowest BCUT2D eigenvalue weighted by molar-refractivity contribution is 0.248. The monoisotopic (exact) mass is 316 g/mol. The van der Waals surface area contributed by atoms with Gasteiger partial charge in [-0.2, -0.15) is 0 Å². The number of sulfonamides is 1. The highest BCUT2D eigenvalue weighted by molar-refractivity contribution is 7.89. The van der Waals surface area contributed by atoms with Crippen LogP contribution in [0.2, 0.25) is 0 Å². The van der Waals surface area contributed by atoms with E-state index in [0.717, 1.165) is 32.0 Å². The molecule has 21 heavy (non-hydrogen) atoms. The number of aliphatic hydroxyl groups is 1. The molecule has 0 saturated carbocycles. The first-order chi connectivity index (χ1) is 9.83. The summed E-state index contributed by atoms with van der Waals surface area (Å²) in [6.45, 7) is 2.70. The number of likely N-dealkylation sites (tertiary alicyclic amines) is 1.